The summed E-state index contributed by atoms with van der Waals surface area (Å²) in [5.74, 6) is -0.322. The van der Waals surface area contributed by atoms with Crippen molar-refractivity contribution >= 4 is 34.1 Å². The van der Waals surface area contributed by atoms with E-state index in [1.807, 2.05) is 86.5 Å². The van der Waals surface area contributed by atoms with Crippen molar-refractivity contribution in [3.8, 4) is 6.07 Å². The van der Waals surface area contributed by atoms with E-state index in [0.717, 1.165) is 22.0 Å². The molecule has 0 unspecified atom stereocenters. The van der Waals surface area contributed by atoms with Crippen molar-refractivity contribution < 1.29 is 9.90 Å². The fourth-order valence-electron chi connectivity index (χ4n) is 2.39. The van der Waals surface area contributed by atoms with Crippen LogP contribution in [0.1, 0.15) is 11.1 Å². The Labute approximate surface area is 170 Å². The highest BCUT2D eigenvalue weighted by atomic mass is 32.2. The molecular weight excluding hydrogens is 372 g/mol. The summed E-state index contributed by atoms with van der Waals surface area (Å²) in [5.41, 5.74) is 3.93. The van der Waals surface area contributed by atoms with Gasteiger partial charge in [0.2, 0.25) is 0 Å². The molecule has 0 bridgehead atoms. The largest absolute Gasteiger partial charge is 0.480 e. The maximum atomic E-state index is 10.8. The molecule has 146 valence electrons. The minimum atomic E-state index is -0.850. The minimum absolute atomic E-state index is 0.528. The number of carboxylic acids is 1. The van der Waals surface area contributed by atoms with Crippen LogP contribution in [0.5, 0.6) is 0 Å². The van der Waals surface area contributed by atoms with Gasteiger partial charge in [0.1, 0.15) is 0 Å². The van der Waals surface area contributed by atoms with Gasteiger partial charge in [0.15, 0.2) is 6.04 Å². The SMILES string of the molecule is CN(C)c1ccc(C#N)cc1.CN(C)c1ccc(C2=N[C@@H](C(=O)O)CS2)cc1. The number of rotatable bonds is 4. The molecule has 6 nitrogen and oxygen atoms in total. The number of hydrogen-bond donors (Lipinski definition) is 1. The van der Waals surface area contributed by atoms with Gasteiger partial charge in [-0.1, -0.05) is 12.1 Å². The van der Waals surface area contributed by atoms with Crippen LogP contribution in [0.3, 0.4) is 0 Å². The van der Waals surface area contributed by atoms with E-state index < -0.39 is 12.0 Å². The smallest absolute Gasteiger partial charge is 0.329 e. The highest BCUT2D eigenvalue weighted by molar-refractivity contribution is 8.14. The summed E-state index contributed by atoms with van der Waals surface area (Å²) >= 11 is 1.50. The van der Waals surface area contributed by atoms with Crippen molar-refractivity contribution in [2.75, 3.05) is 43.7 Å². The Hall–Kier alpha value is -2.98. The fraction of sp³-hybridized carbons (Fsp3) is 0.286. The Kier molecular flexibility index (Phi) is 7.47. The summed E-state index contributed by atoms with van der Waals surface area (Å²) in [6.45, 7) is 0. The summed E-state index contributed by atoms with van der Waals surface area (Å²) in [6, 6.07) is 16.9. The van der Waals surface area contributed by atoms with Gasteiger partial charge in [-0.3, -0.25) is 4.99 Å². The van der Waals surface area contributed by atoms with Crippen LogP contribution in [0.4, 0.5) is 11.4 Å². The molecular formula is C21H24N4O2S. The van der Waals surface area contributed by atoms with Crippen molar-refractivity contribution in [1.82, 2.24) is 0 Å². The highest BCUT2D eigenvalue weighted by Gasteiger charge is 2.24. The van der Waals surface area contributed by atoms with Gasteiger partial charge in [-0.05, 0) is 36.4 Å². The Bertz CT molecular complexity index is 869. The number of thioether (sulfide) groups is 1. The van der Waals surface area contributed by atoms with Gasteiger partial charge in [-0.2, -0.15) is 5.26 Å². The molecule has 28 heavy (non-hydrogen) atoms. The third-order valence-corrected chi connectivity index (χ3v) is 5.18. The number of benzene rings is 2. The van der Waals surface area contributed by atoms with Crippen LogP contribution in [-0.2, 0) is 4.79 Å². The van der Waals surface area contributed by atoms with Crippen LogP contribution in [0.15, 0.2) is 53.5 Å². The summed E-state index contributed by atoms with van der Waals surface area (Å²) < 4.78 is 0. The molecule has 3 rings (SSSR count). The number of hydrogen-bond acceptors (Lipinski definition) is 6. The first kappa shape index (κ1) is 21.3. The number of aliphatic imine (C=N–C) groups is 1. The lowest BCUT2D eigenvalue weighted by Crippen LogP contribution is -2.17. The van der Waals surface area contributed by atoms with Gasteiger partial charge in [0.25, 0.3) is 0 Å². The predicted octanol–water partition coefficient (Wildman–Crippen LogP) is 3.32. The molecule has 0 fully saturated rings. The standard InChI is InChI=1S/C12H14N2O2S.C9H10N2/c1-14(2)9-5-3-8(4-6-9)11-13-10(7-17-11)12(15)16;1-11(2)9-5-3-8(7-10)4-6-9/h3-6,10H,7H2,1-2H3,(H,15,16);3-6H,1-2H3/t10-;/m1./s1. The Balaban J connectivity index is 0.000000221. The highest BCUT2D eigenvalue weighted by Crippen LogP contribution is 2.24. The average Bonchev–Trinajstić information content (AvgIpc) is 3.19. The zero-order valence-electron chi connectivity index (χ0n) is 16.5. The molecule has 0 aliphatic carbocycles. The molecule has 7 heteroatoms. The molecule has 1 heterocycles. The molecule has 0 spiro atoms. The van der Waals surface area contributed by atoms with E-state index in [4.69, 9.17) is 10.4 Å². The van der Waals surface area contributed by atoms with E-state index >= 15 is 0 Å². The topological polar surface area (TPSA) is 79.9 Å². The zero-order valence-corrected chi connectivity index (χ0v) is 17.3. The van der Waals surface area contributed by atoms with Crippen molar-refractivity contribution in [3.05, 3.63) is 59.7 Å². The first-order chi connectivity index (χ1) is 13.3. The summed E-state index contributed by atoms with van der Waals surface area (Å²) in [6.07, 6.45) is 0. The summed E-state index contributed by atoms with van der Waals surface area (Å²) in [4.78, 5) is 19.0. The van der Waals surface area contributed by atoms with Crippen LogP contribution in [0.2, 0.25) is 0 Å². The van der Waals surface area contributed by atoms with Gasteiger partial charge in [0, 0.05) is 50.9 Å². The molecule has 1 aliphatic heterocycles. The van der Waals surface area contributed by atoms with Gasteiger partial charge in [-0.25, -0.2) is 4.79 Å². The first-order valence-electron chi connectivity index (χ1n) is 8.70. The zero-order chi connectivity index (χ0) is 20.7. The van der Waals surface area contributed by atoms with E-state index in [9.17, 15) is 4.79 Å². The summed E-state index contributed by atoms with van der Waals surface area (Å²) in [7, 11) is 7.91. The number of anilines is 2. The second-order valence-electron chi connectivity index (χ2n) is 6.59. The number of carboxylic acid groups (broad SMARTS) is 1. The Morgan fingerprint density at radius 3 is 1.93 bits per heavy atom. The molecule has 0 saturated heterocycles. The van der Waals surface area contributed by atoms with Gasteiger partial charge in [-0.15, -0.1) is 11.8 Å². The van der Waals surface area contributed by atoms with E-state index in [1.165, 1.54) is 11.8 Å². The van der Waals surface area contributed by atoms with Crippen molar-refractivity contribution in [3.63, 3.8) is 0 Å². The minimum Gasteiger partial charge on any atom is -0.480 e. The maximum Gasteiger partial charge on any atom is 0.329 e. The lowest BCUT2D eigenvalue weighted by atomic mass is 10.2. The van der Waals surface area contributed by atoms with Crippen LogP contribution in [-0.4, -0.2) is 56.1 Å². The molecule has 1 aliphatic rings. The first-order valence-corrected chi connectivity index (χ1v) is 9.69. The summed E-state index contributed by atoms with van der Waals surface area (Å²) in [5, 5.41) is 18.2. The molecule has 2 aromatic carbocycles. The van der Waals surface area contributed by atoms with Crippen LogP contribution in [0, 0.1) is 11.3 Å². The maximum absolute atomic E-state index is 10.8. The van der Waals surface area contributed by atoms with Crippen LogP contribution < -0.4 is 9.80 Å². The molecule has 1 N–H and O–H groups in total. The molecule has 0 aromatic heterocycles. The molecule has 1 atom stereocenters. The number of nitrogens with zero attached hydrogens (tertiary/aromatic N) is 4. The van der Waals surface area contributed by atoms with Crippen LogP contribution >= 0.6 is 11.8 Å². The Morgan fingerprint density at radius 2 is 1.54 bits per heavy atom. The van der Waals surface area contributed by atoms with E-state index in [1.54, 1.807) is 0 Å². The molecule has 0 saturated carbocycles. The van der Waals surface area contributed by atoms with E-state index in [2.05, 4.69) is 11.1 Å². The quantitative estimate of drug-likeness (QED) is 0.854. The van der Waals surface area contributed by atoms with Crippen molar-refractivity contribution in [2.24, 2.45) is 4.99 Å². The molecule has 2 aromatic rings. The second-order valence-corrected chi connectivity index (χ2v) is 7.60. The lowest BCUT2D eigenvalue weighted by Gasteiger charge is -2.12. The second kappa shape index (κ2) is 9.81. The average molecular weight is 397 g/mol. The Morgan fingerprint density at radius 1 is 1.04 bits per heavy atom. The number of aliphatic carboxylic acids is 1. The molecule has 0 radical (unpaired) electrons. The fourth-order valence-corrected chi connectivity index (χ4v) is 3.43. The van der Waals surface area contributed by atoms with Gasteiger partial charge in [0.05, 0.1) is 16.7 Å². The number of nitriles is 1. The predicted molar refractivity (Wildman–Crippen MR) is 117 cm³/mol. The van der Waals surface area contributed by atoms with Gasteiger partial charge >= 0.3 is 5.97 Å². The third kappa shape index (κ3) is 5.76. The molecule has 0 amide bonds. The van der Waals surface area contributed by atoms with E-state index in [-0.39, 0.29) is 0 Å². The van der Waals surface area contributed by atoms with Gasteiger partial charge < -0.3 is 14.9 Å². The van der Waals surface area contributed by atoms with Crippen LogP contribution in [0.25, 0.3) is 0 Å². The number of carbonyl (C=O) groups is 1. The third-order valence-electron chi connectivity index (χ3n) is 4.08. The monoisotopic (exact) mass is 396 g/mol. The normalized spacial score (nSPS) is 15.0. The lowest BCUT2D eigenvalue weighted by molar-refractivity contribution is -0.137. The van der Waals surface area contributed by atoms with E-state index in [0.29, 0.717) is 11.3 Å². The van der Waals surface area contributed by atoms with Crippen molar-refractivity contribution in [2.45, 2.75) is 6.04 Å². The van der Waals surface area contributed by atoms with Crippen molar-refractivity contribution in [1.29, 1.82) is 5.26 Å².